The van der Waals surface area contributed by atoms with E-state index in [4.69, 9.17) is 0 Å². The van der Waals surface area contributed by atoms with Crippen molar-refractivity contribution in [3.8, 4) is 0 Å². The topological polar surface area (TPSA) is 29.9 Å². The van der Waals surface area contributed by atoms with Gasteiger partial charge in [-0.3, -0.25) is 4.68 Å². The van der Waals surface area contributed by atoms with Gasteiger partial charge in [-0.05, 0) is 24.9 Å². The third-order valence-corrected chi connectivity index (χ3v) is 2.51. The minimum Gasteiger partial charge on any atom is -0.314 e. The second-order valence-corrected chi connectivity index (χ2v) is 4.13. The number of rotatable bonds is 6. The summed E-state index contributed by atoms with van der Waals surface area (Å²) >= 11 is 0. The van der Waals surface area contributed by atoms with Crippen LogP contribution in [0.5, 0.6) is 0 Å². The zero-order chi connectivity index (χ0) is 12.9. The molecule has 1 aromatic heterocycles. The first-order valence-electron chi connectivity index (χ1n) is 5.68. The summed E-state index contributed by atoms with van der Waals surface area (Å²) in [4.78, 5) is 0. The molecule has 0 spiro atoms. The summed E-state index contributed by atoms with van der Waals surface area (Å²) in [5.41, 5.74) is 0.970. The van der Waals surface area contributed by atoms with Crippen molar-refractivity contribution in [3.05, 3.63) is 18.0 Å². The Balaban J connectivity index is 2.44. The molecule has 17 heavy (non-hydrogen) atoms. The van der Waals surface area contributed by atoms with Gasteiger partial charge < -0.3 is 5.32 Å². The van der Waals surface area contributed by atoms with Gasteiger partial charge in [0.1, 0.15) is 0 Å². The van der Waals surface area contributed by atoms with E-state index >= 15 is 0 Å². The fourth-order valence-corrected chi connectivity index (χ4v) is 1.79. The molecule has 0 aliphatic heterocycles. The number of hydrogen-bond acceptors (Lipinski definition) is 2. The highest BCUT2D eigenvalue weighted by Gasteiger charge is 2.31. The summed E-state index contributed by atoms with van der Waals surface area (Å²) in [5.74, 6) is 0. The fourth-order valence-electron chi connectivity index (χ4n) is 1.79. The first-order chi connectivity index (χ1) is 7.90. The highest BCUT2D eigenvalue weighted by Crippen LogP contribution is 2.23. The Morgan fingerprint density at radius 3 is 2.65 bits per heavy atom. The molecule has 0 saturated carbocycles. The fraction of sp³-hybridized carbons (Fsp3) is 0.727. The molecule has 1 heterocycles. The number of hydrogen-bond donors (Lipinski definition) is 1. The molecule has 0 saturated heterocycles. The molecule has 0 aliphatic carbocycles. The number of halogens is 3. The first-order valence-corrected chi connectivity index (χ1v) is 5.68. The zero-order valence-corrected chi connectivity index (χ0v) is 10.1. The lowest BCUT2D eigenvalue weighted by Gasteiger charge is -2.19. The summed E-state index contributed by atoms with van der Waals surface area (Å²) in [5, 5.41) is 6.86. The van der Waals surface area contributed by atoms with E-state index in [-0.39, 0.29) is 0 Å². The highest BCUT2D eigenvalue weighted by atomic mass is 19.4. The van der Waals surface area contributed by atoms with E-state index in [9.17, 15) is 13.2 Å². The largest absolute Gasteiger partial charge is 0.390 e. The third kappa shape index (κ3) is 5.72. The van der Waals surface area contributed by atoms with Gasteiger partial charge in [0.25, 0.3) is 0 Å². The standard InChI is InChI=1S/C11H18F3N3/c1-3-15-10(6-11(12,13)14)5-4-9-7-16-17(2)8-9/h7-8,10,15H,3-6H2,1-2H3. The maximum absolute atomic E-state index is 12.3. The van der Waals surface area contributed by atoms with Crippen LogP contribution in [0.25, 0.3) is 0 Å². The predicted molar refractivity (Wildman–Crippen MR) is 59.7 cm³/mol. The normalized spacial score (nSPS) is 13.9. The average molecular weight is 249 g/mol. The Bertz CT molecular complexity index is 333. The van der Waals surface area contributed by atoms with Crippen LogP contribution in [0.4, 0.5) is 13.2 Å². The smallest absolute Gasteiger partial charge is 0.314 e. The first kappa shape index (κ1) is 14.0. The monoisotopic (exact) mass is 249 g/mol. The Morgan fingerprint density at radius 1 is 1.47 bits per heavy atom. The summed E-state index contributed by atoms with van der Waals surface area (Å²) in [6.07, 6.45) is -0.281. The lowest BCUT2D eigenvalue weighted by molar-refractivity contribution is -0.140. The van der Waals surface area contributed by atoms with Crippen molar-refractivity contribution in [2.24, 2.45) is 7.05 Å². The molecule has 0 bridgehead atoms. The molecule has 0 aliphatic rings. The van der Waals surface area contributed by atoms with Crippen molar-refractivity contribution in [2.75, 3.05) is 6.54 Å². The summed E-state index contributed by atoms with van der Waals surface area (Å²) < 4.78 is 38.6. The van der Waals surface area contributed by atoms with E-state index in [1.54, 1.807) is 17.9 Å². The van der Waals surface area contributed by atoms with Crippen LogP contribution in [0, 0.1) is 0 Å². The third-order valence-electron chi connectivity index (χ3n) is 2.51. The summed E-state index contributed by atoms with van der Waals surface area (Å²) in [7, 11) is 1.79. The number of nitrogens with one attached hydrogen (secondary N) is 1. The van der Waals surface area contributed by atoms with Gasteiger partial charge in [0.15, 0.2) is 0 Å². The molecule has 1 rings (SSSR count). The van der Waals surface area contributed by atoms with Gasteiger partial charge in [0, 0.05) is 19.3 Å². The predicted octanol–water partition coefficient (Wildman–Crippen LogP) is 2.28. The van der Waals surface area contributed by atoms with E-state index in [1.165, 1.54) is 0 Å². The maximum atomic E-state index is 12.3. The van der Waals surface area contributed by atoms with Crippen LogP contribution in [0.15, 0.2) is 12.4 Å². The van der Waals surface area contributed by atoms with Crippen molar-refractivity contribution in [1.82, 2.24) is 15.1 Å². The molecule has 0 amide bonds. The molecule has 1 unspecified atom stereocenters. The second-order valence-electron chi connectivity index (χ2n) is 4.13. The van der Waals surface area contributed by atoms with Gasteiger partial charge in [0.05, 0.1) is 12.6 Å². The summed E-state index contributed by atoms with van der Waals surface area (Å²) in [6.45, 7) is 2.36. The van der Waals surface area contributed by atoms with E-state index in [0.717, 1.165) is 5.56 Å². The van der Waals surface area contributed by atoms with E-state index in [2.05, 4.69) is 10.4 Å². The Kier molecular flexibility index (Phi) is 4.99. The molecular weight excluding hydrogens is 231 g/mol. The molecule has 0 radical (unpaired) electrons. The molecule has 1 aromatic rings. The minimum atomic E-state index is -4.11. The maximum Gasteiger partial charge on any atom is 0.390 e. The van der Waals surface area contributed by atoms with Crippen LogP contribution in [0.3, 0.4) is 0 Å². The molecular formula is C11H18F3N3. The van der Waals surface area contributed by atoms with Gasteiger partial charge in [-0.1, -0.05) is 6.92 Å². The zero-order valence-electron chi connectivity index (χ0n) is 10.1. The van der Waals surface area contributed by atoms with Crippen LogP contribution in [0.2, 0.25) is 0 Å². The van der Waals surface area contributed by atoms with E-state index < -0.39 is 18.6 Å². The van der Waals surface area contributed by atoms with Gasteiger partial charge in [-0.25, -0.2) is 0 Å². The van der Waals surface area contributed by atoms with Gasteiger partial charge >= 0.3 is 6.18 Å². The van der Waals surface area contributed by atoms with Crippen molar-refractivity contribution in [1.29, 1.82) is 0 Å². The van der Waals surface area contributed by atoms with Crippen LogP contribution in [-0.4, -0.2) is 28.5 Å². The van der Waals surface area contributed by atoms with Gasteiger partial charge in [-0.2, -0.15) is 18.3 Å². The lowest BCUT2D eigenvalue weighted by atomic mass is 10.0. The molecule has 1 atom stereocenters. The van der Waals surface area contributed by atoms with Crippen LogP contribution >= 0.6 is 0 Å². The lowest BCUT2D eigenvalue weighted by Crippen LogP contribution is -2.34. The van der Waals surface area contributed by atoms with Crippen LogP contribution in [-0.2, 0) is 13.5 Å². The van der Waals surface area contributed by atoms with Crippen molar-refractivity contribution >= 4 is 0 Å². The van der Waals surface area contributed by atoms with Gasteiger partial charge in [-0.15, -0.1) is 0 Å². The van der Waals surface area contributed by atoms with Crippen LogP contribution < -0.4 is 5.32 Å². The number of aryl methyl sites for hydroxylation is 2. The Hall–Kier alpha value is -1.04. The summed E-state index contributed by atoms with van der Waals surface area (Å²) in [6, 6.07) is -0.514. The van der Waals surface area contributed by atoms with Crippen molar-refractivity contribution in [2.45, 2.75) is 38.4 Å². The minimum absolute atomic E-state index is 0.471. The molecule has 0 aromatic carbocycles. The molecule has 0 fully saturated rings. The average Bonchev–Trinajstić information content (AvgIpc) is 2.59. The number of aromatic nitrogens is 2. The van der Waals surface area contributed by atoms with Crippen molar-refractivity contribution < 1.29 is 13.2 Å². The quantitative estimate of drug-likeness (QED) is 0.838. The highest BCUT2D eigenvalue weighted by molar-refractivity contribution is 5.04. The Labute approximate surface area is 99.0 Å². The Morgan fingerprint density at radius 2 is 2.18 bits per heavy atom. The van der Waals surface area contributed by atoms with E-state index in [0.29, 0.717) is 19.4 Å². The molecule has 1 N–H and O–H groups in total. The SMILES string of the molecule is CCNC(CCc1cnn(C)c1)CC(F)(F)F. The van der Waals surface area contributed by atoms with Gasteiger partial charge in [0.2, 0.25) is 0 Å². The van der Waals surface area contributed by atoms with Crippen LogP contribution in [0.1, 0.15) is 25.3 Å². The van der Waals surface area contributed by atoms with E-state index in [1.807, 2.05) is 13.1 Å². The van der Waals surface area contributed by atoms with Crippen molar-refractivity contribution in [3.63, 3.8) is 0 Å². The number of alkyl halides is 3. The second kappa shape index (κ2) is 6.05. The molecule has 6 heteroatoms. The number of nitrogens with zero attached hydrogens (tertiary/aromatic N) is 2. The molecule has 3 nitrogen and oxygen atoms in total. The molecule has 98 valence electrons.